The maximum absolute atomic E-state index is 9.13. The van der Waals surface area contributed by atoms with Crippen LogP contribution in [0.5, 0.6) is 0 Å². The van der Waals surface area contributed by atoms with Crippen LogP contribution in [0.1, 0.15) is 37.3 Å². The molecule has 1 aromatic carbocycles. The fourth-order valence-electron chi connectivity index (χ4n) is 2.57. The first-order chi connectivity index (χ1) is 9.20. The first-order valence-electron chi connectivity index (χ1n) is 7.06. The van der Waals surface area contributed by atoms with E-state index in [1.54, 1.807) is 0 Å². The Morgan fingerprint density at radius 3 is 2.74 bits per heavy atom. The summed E-state index contributed by atoms with van der Waals surface area (Å²) in [5.74, 6) is 0. The van der Waals surface area contributed by atoms with E-state index in [1.165, 1.54) is 19.3 Å². The van der Waals surface area contributed by atoms with Gasteiger partial charge in [-0.25, -0.2) is 0 Å². The van der Waals surface area contributed by atoms with Crippen LogP contribution in [-0.2, 0) is 0 Å². The minimum atomic E-state index is 0.0139. The van der Waals surface area contributed by atoms with Gasteiger partial charge in [0.2, 0.25) is 0 Å². The number of halogens is 1. The molecule has 1 saturated carbocycles. The molecule has 0 aliphatic heterocycles. The lowest BCUT2D eigenvalue weighted by atomic mass is 9.91. The van der Waals surface area contributed by atoms with E-state index < -0.39 is 0 Å². The lowest BCUT2D eigenvalue weighted by Gasteiger charge is -2.37. The molecule has 1 unspecified atom stereocenters. The van der Waals surface area contributed by atoms with Crippen molar-refractivity contribution < 1.29 is 5.11 Å². The maximum Gasteiger partial charge on any atom is 0.0558 e. The highest BCUT2D eigenvalue weighted by atomic mass is 35.5. The molecule has 3 N–H and O–H groups in total. The van der Waals surface area contributed by atoms with Gasteiger partial charge in [-0.3, -0.25) is 4.90 Å². The molecular formula is C15H23ClN2O. The largest absolute Gasteiger partial charge is 0.395 e. The Bertz CT molecular complexity index is 395. The van der Waals surface area contributed by atoms with Crippen LogP contribution in [0, 0.1) is 0 Å². The Kier molecular flexibility index (Phi) is 5.64. The third-order valence-electron chi connectivity index (χ3n) is 3.98. The number of nitrogens with two attached hydrogens (primary N) is 1. The van der Waals surface area contributed by atoms with Gasteiger partial charge in [0.15, 0.2) is 0 Å². The van der Waals surface area contributed by atoms with Crippen molar-refractivity contribution in [3.63, 3.8) is 0 Å². The summed E-state index contributed by atoms with van der Waals surface area (Å²) in [6, 6.07) is 8.43. The second-order valence-electron chi connectivity index (χ2n) is 5.29. The summed E-state index contributed by atoms with van der Waals surface area (Å²) in [4.78, 5) is 2.37. The van der Waals surface area contributed by atoms with Gasteiger partial charge < -0.3 is 10.8 Å². The zero-order valence-corrected chi connectivity index (χ0v) is 12.0. The van der Waals surface area contributed by atoms with Crippen molar-refractivity contribution in [3.05, 3.63) is 34.9 Å². The second-order valence-corrected chi connectivity index (χ2v) is 5.73. The smallest absolute Gasteiger partial charge is 0.0558 e. The average Bonchev–Trinajstić information content (AvgIpc) is 2.33. The van der Waals surface area contributed by atoms with Gasteiger partial charge in [-0.2, -0.15) is 0 Å². The molecule has 0 amide bonds. The van der Waals surface area contributed by atoms with Crippen molar-refractivity contribution in [1.29, 1.82) is 0 Å². The number of aliphatic hydroxyl groups excluding tert-OH is 1. The summed E-state index contributed by atoms with van der Waals surface area (Å²) in [7, 11) is 0. The van der Waals surface area contributed by atoms with Crippen molar-refractivity contribution in [1.82, 2.24) is 4.90 Å². The number of hydrogen-bond donors (Lipinski definition) is 2. The minimum Gasteiger partial charge on any atom is -0.395 e. The molecule has 0 spiro atoms. The maximum atomic E-state index is 9.13. The van der Waals surface area contributed by atoms with Crippen LogP contribution in [0.3, 0.4) is 0 Å². The highest BCUT2D eigenvalue weighted by Gasteiger charge is 2.24. The van der Waals surface area contributed by atoms with Crippen molar-refractivity contribution in [2.75, 3.05) is 19.7 Å². The molecule has 0 radical (unpaired) electrons. The summed E-state index contributed by atoms with van der Waals surface area (Å²) in [5, 5.41) is 9.87. The number of benzene rings is 1. The van der Waals surface area contributed by atoms with E-state index in [0.717, 1.165) is 30.1 Å². The van der Waals surface area contributed by atoms with Gasteiger partial charge in [-0.15, -0.1) is 0 Å². The first-order valence-corrected chi connectivity index (χ1v) is 7.44. The van der Waals surface area contributed by atoms with Crippen LogP contribution in [0.2, 0.25) is 5.02 Å². The van der Waals surface area contributed by atoms with E-state index in [0.29, 0.717) is 6.04 Å². The van der Waals surface area contributed by atoms with Crippen LogP contribution in [0.4, 0.5) is 0 Å². The molecule has 3 nitrogen and oxygen atoms in total. The number of nitrogens with zero attached hydrogens (tertiary/aromatic N) is 1. The van der Waals surface area contributed by atoms with Crippen molar-refractivity contribution in [2.24, 2.45) is 5.73 Å². The Balaban J connectivity index is 1.85. The summed E-state index contributed by atoms with van der Waals surface area (Å²) in [5.41, 5.74) is 7.31. The topological polar surface area (TPSA) is 49.5 Å². The number of hydrogen-bond acceptors (Lipinski definition) is 3. The van der Waals surface area contributed by atoms with E-state index in [9.17, 15) is 0 Å². The normalized spacial score (nSPS) is 17.5. The SMILES string of the molecule is NC(CCN(CCO)C1CCC1)c1cccc(Cl)c1. The van der Waals surface area contributed by atoms with E-state index in [-0.39, 0.29) is 12.6 Å². The molecule has 106 valence electrons. The summed E-state index contributed by atoms with van der Waals surface area (Å²) >= 11 is 5.98. The molecule has 0 saturated heterocycles. The zero-order valence-electron chi connectivity index (χ0n) is 11.3. The third kappa shape index (κ3) is 4.18. The molecule has 0 heterocycles. The molecule has 1 aliphatic rings. The van der Waals surface area contributed by atoms with Crippen LogP contribution in [0.25, 0.3) is 0 Å². The molecule has 2 rings (SSSR count). The fourth-order valence-corrected chi connectivity index (χ4v) is 2.76. The number of rotatable bonds is 7. The lowest BCUT2D eigenvalue weighted by molar-refractivity contribution is 0.0982. The lowest BCUT2D eigenvalue weighted by Crippen LogP contribution is -2.43. The molecule has 4 heteroatoms. The molecular weight excluding hydrogens is 260 g/mol. The second kappa shape index (κ2) is 7.25. The van der Waals surface area contributed by atoms with Gasteiger partial charge >= 0.3 is 0 Å². The summed E-state index contributed by atoms with van der Waals surface area (Å²) < 4.78 is 0. The van der Waals surface area contributed by atoms with Gasteiger partial charge in [0.1, 0.15) is 0 Å². The molecule has 19 heavy (non-hydrogen) atoms. The standard InChI is InChI=1S/C15H23ClN2O/c16-13-4-1-3-12(11-13)15(17)7-8-18(9-10-19)14-5-2-6-14/h1,3-4,11,14-15,19H,2,5-10,17H2. The Hall–Kier alpha value is -0.610. The van der Waals surface area contributed by atoms with Crippen molar-refractivity contribution in [3.8, 4) is 0 Å². The predicted molar refractivity (Wildman–Crippen MR) is 79.3 cm³/mol. The van der Waals surface area contributed by atoms with E-state index in [1.807, 2.05) is 24.3 Å². The first kappa shape index (κ1) is 14.8. The van der Waals surface area contributed by atoms with Crippen LogP contribution in [-0.4, -0.2) is 35.7 Å². The Labute approximate surface area is 120 Å². The zero-order chi connectivity index (χ0) is 13.7. The fraction of sp³-hybridized carbons (Fsp3) is 0.600. The quantitative estimate of drug-likeness (QED) is 0.808. The molecule has 1 aromatic rings. The highest BCUT2D eigenvalue weighted by Crippen LogP contribution is 2.26. The highest BCUT2D eigenvalue weighted by molar-refractivity contribution is 6.30. The van der Waals surface area contributed by atoms with E-state index in [2.05, 4.69) is 4.90 Å². The van der Waals surface area contributed by atoms with Gasteiger partial charge in [0.05, 0.1) is 6.61 Å². The third-order valence-corrected chi connectivity index (χ3v) is 4.22. The Morgan fingerprint density at radius 2 is 2.16 bits per heavy atom. The van der Waals surface area contributed by atoms with E-state index >= 15 is 0 Å². The van der Waals surface area contributed by atoms with Gasteiger partial charge in [0.25, 0.3) is 0 Å². The molecule has 1 aliphatic carbocycles. The molecule has 1 fully saturated rings. The molecule has 0 bridgehead atoms. The van der Waals surface area contributed by atoms with Crippen molar-refractivity contribution in [2.45, 2.75) is 37.8 Å². The minimum absolute atomic E-state index is 0.0139. The van der Waals surface area contributed by atoms with Crippen LogP contribution in [0.15, 0.2) is 24.3 Å². The molecule has 1 atom stereocenters. The predicted octanol–water partition coefficient (Wildman–Crippen LogP) is 2.58. The molecule has 0 aromatic heterocycles. The Morgan fingerprint density at radius 1 is 1.37 bits per heavy atom. The van der Waals surface area contributed by atoms with Gasteiger partial charge in [0, 0.05) is 30.2 Å². The average molecular weight is 283 g/mol. The van der Waals surface area contributed by atoms with Crippen molar-refractivity contribution >= 4 is 11.6 Å². The van der Waals surface area contributed by atoms with Gasteiger partial charge in [-0.05, 0) is 37.0 Å². The monoisotopic (exact) mass is 282 g/mol. The van der Waals surface area contributed by atoms with E-state index in [4.69, 9.17) is 22.4 Å². The van der Waals surface area contributed by atoms with Crippen LogP contribution < -0.4 is 5.73 Å². The summed E-state index contributed by atoms with van der Waals surface area (Å²) in [6.07, 6.45) is 4.72. The van der Waals surface area contributed by atoms with Gasteiger partial charge in [-0.1, -0.05) is 30.2 Å². The number of aliphatic hydroxyl groups is 1. The summed E-state index contributed by atoms with van der Waals surface area (Å²) in [6.45, 7) is 1.93. The van der Waals surface area contributed by atoms with Crippen LogP contribution >= 0.6 is 11.6 Å².